The van der Waals surface area contributed by atoms with E-state index in [1.54, 1.807) is 24.3 Å². The number of imide groups is 1. The quantitative estimate of drug-likeness (QED) is 0.517. The summed E-state index contributed by atoms with van der Waals surface area (Å²) in [4.78, 5) is 27.1. The SMILES string of the molecule is CC(C)Oc1ccc(NC2=C(c3ccc(F)cc3)C(=O)N(c3cc(F)ccc3F)C2=O)cc1. The zero-order valence-corrected chi connectivity index (χ0v) is 17.7. The number of anilines is 2. The largest absolute Gasteiger partial charge is 0.491 e. The van der Waals surface area contributed by atoms with Crippen molar-refractivity contribution in [3.63, 3.8) is 0 Å². The molecule has 0 fully saturated rings. The van der Waals surface area contributed by atoms with Gasteiger partial charge in [-0.25, -0.2) is 18.1 Å². The molecule has 0 spiro atoms. The maximum Gasteiger partial charge on any atom is 0.282 e. The summed E-state index contributed by atoms with van der Waals surface area (Å²) in [6.45, 7) is 3.77. The molecule has 1 N–H and O–H groups in total. The van der Waals surface area contributed by atoms with Crippen molar-refractivity contribution in [3.05, 3.63) is 95.4 Å². The molecule has 0 bridgehead atoms. The van der Waals surface area contributed by atoms with E-state index in [0.29, 0.717) is 16.3 Å². The molecule has 1 heterocycles. The Morgan fingerprint density at radius 1 is 0.818 bits per heavy atom. The second kappa shape index (κ2) is 8.82. The van der Waals surface area contributed by atoms with Gasteiger partial charge >= 0.3 is 0 Å². The third-order valence-corrected chi connectivity index (χ3v) is 4.86. The number of nitrogens with zero attached hydrogens (tertiary/aromatic N) is 1. The molecule has 1 aliphatic rings. The van der Waals surface area contributed by atoms with E-state index in [1.807, 2.05) is 13.8 Å². The van der Waals surface area contributed by atoms with Crippen LogP contribution in [0.15, 0.2) is 72.4 Å². The molecular formula is C25H19F3N2O3. The molecule has 0 aromatic heterocycles. The molecule has 4 rings (SSSR count). The minimum absolute atomic E-state index is 0.0275. The van der Waals surface area contributed by atoms with Crippen molar-refractivity contribution < 1.29 is 27.5 Å². The Balaban J connectivity index is 1.77. The van der Waals surface area contributed by atoms with Crippen LogP contribution in [0.1, 0.15) is 19.4 Å². The van der Waals surface area contributed by atoms with Crippen molar-refractivity contribution in [2.24, 2.45) is 0 Å². The predicted molar refractivity (Wildman–Crippen MR) is 118 cm³/mol. The Morgan fingerprint density at radius 2 is 1.45 bits per heavy atom. The number of carbonyl (C=O) groups excluding carboxylic acids is 2. The van der Waals surface area contributed by atoms with Gasteiger partial charge in [0.05, 0.1) is 17.4 Å². The van der Waals surface area contributed by atoms with Crippen LogP contribution in [0.2, 0.25) is 0 Å². The van der Waals surface area contributed by atoms with E-state index >= 15 is 0 Å². The number of amides is 2. The third kappa shape index (κ3) is 4.45. The van der Waals surface area contributed by atoms with Gasteiger partial charge in [-0.2, -0.15) is 0 Å². The van der Waals surface area contributed by atoms with Gasteiger partial charge in [0, 0.05) is 11.8 Å². The lowest BCUT2D eigenvalue weighted by Gasteiger charge is -2.16. The third-order valence-electron chi connectivity index (χ3n) is 4.86. The Hall–Kier alpha value is -4.07. The van der Waals surface area contributed by atoms with Crippen molar-refractivity contribution in [1.82, 2.24) is 0 Å². The Bertz CT molecular complexity index is 1250. The first-order chi connectivity index (χ1) is 15.7. The molecule has 8 heteroatoms. The molecule has 0 atom stereocenters. The fourth-order valence-electron chi connectivity index (χ4n) is 3.44. The number of ether oxygens (including phenoxy) is 1. The van der Waals surface area contributed by atoms with Crippen LogP contribution in [0.3, 0.4) is 0 Å². The summed E-state index contributed by atoms with van der Waals surface area (Å²) in [7, 11) is 0. The van der Waals surface area contributed by atoms with Gasteiger partial charge in [0.25, 0.3) is 11.8 Å². The average molecular weight is 452 g/mol. The highest BCUT2D eigenvalue weighted by Crippen LogP contribution is 2.35. The predicted octanol–water partition coefficient (Wildman–Crippen LogP) is 5.29. The highest BCUT2D eigenvalue weighted by atomic mass is 19.1. The number of hydrogen-bond donors (Lipinski definition) is 1. The molecular weight excluding hydrogens is 433 g/mol. The van der Waals surface area contributed by atoms with E-state index in [4.69, 9.17) is 4.74 Å². The van der Waals surface area contributed by atoms with E-state index in [1.165, 1.54) is 12.1 Å². The fourth-order valence-corrected chi connectivity index (χ4v) is 3.44. The lowest BCUT2D eigenvalue weighted by atomic mass is 10.0. The van der Waals surface area contributed by atoms with Crippen LogP contribution in [0.5, 0.6) is 5.75 Å². The van der Waals surface area contributed by atoms with Gasteiger partial charge in [-0.05, 0) is 67.9 Å². The Labute approximate surface area is 188 Å². The second-order valence-corrected chi connectivity index (χ2v) is 7.61. The van der Waals surface area contributed by atoms with Crippen molar-refractivity contribution in [1.29, 1.82) is 0 Å². The van der Waals surface area contributed by atoms with Crippen LogP contribution in [0, 0.1) is 17.5 Å². The lowest BCUT2D eigenvalue weighted by molar-refractivity contribution is -0.120. The smallest absolute Gasteiger partial charge is 0.282 e. The number of halogens is 3. The molecule has 1 aliphatic heterocycles. The first kappa shape index (κ1) is 22.1. The van der Waals surface area contributed by atoms with Crippen LogP contribution in [-0.4, -0.2) is 17.9 Å². The monoisotopic (exact) mass is 452 g/mol. The molecule has 168 valence electrons. The maximum absolute atomic E-state index is 14.4. The fraction of sp³-hybridized carbons (Fsp3) is 0.120. The Morgan fingerprint density at radius 3 is 2.09 bits per heavy atom. The summed E-state index contributed by atoms with van der Waals surface area (Å²) in [6.07, 6.45) is -0.0275. The molecule has 2 amide bonds. The van der Waals surface area contributed by atoms with E-state index < -0.39 is 35.0 Å². The second-order valence-electron chi connectivity index (χ2n) is 7.61. The van der Waals surface area contributed by atoms with Gasteiger partial charge in [-0.3, -0.25) is 9.59 Å². The molecule has 0 saturated heterocycles. The van der Waals surface area contributed by atoms with Gasteiger partial charge in [0.2, 0.25) is 0 Å². The highest BCUT2D eigenvalue weighted by Gasteiger charge is 2.41. The Kier molecular flexibility index (Phi) is 5.91. The molecule has 0 aliphatic carbocycles. The number of carbonyl (C=O) groups is 2. The van der Waals surface area contributed by atoms with Crippen molar-refractivity contribution in [3.8, 4) is 5.75 Å². The summed E-state index contributed by atoms with van der Waals surface area (Å²) < 4.78 is 47.3. The van der Waals surface area contributed by atoms with Crippen LogP contribution in [-0.2, 0) is 9.59 Å². The number of nitrogens with one attached hydrogen (secondary N) is 1. The standard InChI is InChI=1S/C25H19F3N2O3/c1-14(2)33-19-10-8-18(9-11-19)29-23-22(15-3-5-16(26)6-4-15)24(31)30(25(23)32)21-13-17(27)7-12-20(21)28/h3-14,29H,1-2H3. The summed E-state index contributed by atoms with van der Waals surface area (Å²) in [5.41, 5.74) is -0.0409. The van der Waals surface area contributed by atoms with Crippen LogP contribution >= 0.6 is 0 Å². The van der Waals surface area contributed by atoms with Gasteiger partial charge < -0.3 is 10.1 Å². The van der Waals surface area contributed by atoms with Gasteiger partial charge in [-0.15, -0.1) is 0 Å². The van der Waals surface area contributed by atoms with Crippen LogP contribution in [0.4, 0.5) is 24.5 Å². The first-order valence-corrected chi connectivity index (χ1v) is 10.1. The van der Waals surface area contributed by atoms with Crippen molar-refractivity contribution in [2.45, 2.75) is 20.0 Å². The van der Waals surface area contributed by atoms with E-state index in [2.05, 4.69) is 5.32 Å². The molecule has 0 unspecified atom stereocenters. The summed E-state index contributed by atoms with van der Waals surface area (Å²) >= 11 is 0. The number of benzene rings is 3. The van der Waals surface area contributed by atoms with Crippen molar-refractivity contribution >= 4 is 28.8 Å². The summed E-state index contributed by atoms with van der Waals surface area (Å²) in [5.74, 6) is -3.39. The molecule has 5 nitrogen and oxygen atoms in total. The molecule has 3 aromatic rings. The average Bonchev–Trinajstić information content (AvgIpc) is 3.01. The molecule has 0 saturated carbocycles. The molecule has 3 aromatic carbocycles. The van der Waals surface area contributed by atoms with Gasteiger partial charge in [-0.1, -0.05) is 12.1 Å². The maximum atomic E-state index is 14.4. The topological polar surface area (TPSA) is 58.6 Å². The van der Waals surface area contributed by atoms with E-state index in [9.17, 15) is 22.8 Å². The van der Waals surface area contributed by atoms with E-state index in [0.717, 1.165) is 30.3 Å². The van der Waals surface area contributed by atoms with Crippen molar-refractivity contribution in [2.75, 3.05) is 10.2 Å². The zero-order chi connectivity index (χ0) is 23.7. The summed E-state index contributed by atoms with van der Waals surface area (Å²) in [5, 5.41) is 2.90. The zero-order valence-electron chi connectivity index (χ0n) is 17.7. The van der Waals surface area contributed by atoms with Gasteiger partial charge in [0.1, 0.15) is 28.9 Å². The molecule has 0 radical (unpaired) electrons. The number of rotatable bonds is 6. The highest BCUT2D eigenvalue weighted by molar-refractivity contribution is 6.46. The minimum atomic E-state index is -0.937. The lowest BCUT2D eigenvalue weighted by Crippen LogP contribution is -2.33. The molecule has 33 heavy (non-hydrogen) atoms. The van der Waals surface area contributed by atoms with Gasteiger partial charge in [0.15, 0.2) is 0 Å². The van der Waals surface area contributed by atoms with Crippen LogP contribution in [0.25, 0.3) is 5.57 Å². The summed E-state index contributed by atoms with van der Waals surface area (Å²) in [6, 6.07) is 14.1. The number of hydrogen-bond acceptors (Lipinski definition) is 4. The van der Waals surface area contributed by atoms with E-state index in [-0.39, 0.29) is 22.9 Å². The van der Waals surface area contributed by atoms with Crippen LogP contribution < -0.4 is 15.0 Å². The first-order valence-electron chi connectivity index (χ1n) is 10.1. The minimum Gasteiger partial charge on any atom is -0.491 e. The normalized spacial score (nSPS) is 13.8.